The highest BCUT2D eigenvalue weighted by molar-refractivity contribution is 6.18. The molecule has 0 bridgehead atoms. The average Bonchev–Trinajstić information content (AvgIpc) is 3.18. The Balaban J connectivity index is 1.81. The fourth-order valence-electron chi connectivity index (χ4n) is 3.70. The predicted molar refractivity (Wildman–Crippen MR) is 98.6 cm³/mol. The molecule has 0 fully saturated rings. The van der Waals surface area contributed by atoms with Crippen molar-refractivity contribution >= 4 is 27.2 Å². The van der Waals surface area contributed by atoms with Crippen molar-refractivity contribution < 1.29 is 0 Å². The SMILES string of the molecule is CCCc1ccc(-c2nnn3c4cccc5cccc(c54)c23)cc1. The van der Waals surface area contributed by atoms with E-state index >= 15 is 0 Å². The average molecular weight is 311 g/mol. The minimum atomic E-state index is 0.960. The molecule has 24 heavy (non-hydrogen) atoms. The van der Waals surface area contributed by atoms with Gasteiger partial charge in [-0.2, -0.15) is 0 Å². The normalized spacial score (nSPS) is 11.9. The van der Waals surface area contributed by atoms with Crippen LogP contribution in [0, 0.1) is 0 Å². The van der Waals surface area contributed by atoms with Crippen LogP contribution in [0.3, 0.4) is 0 Å². The van der Waals surface area contributed by atoms with Crippen LogP contribution in [-0.2, 0) is 6.42 Å². The van der Waals surface area contributed by atoms with Crippen molar-refractivity contribution in [1.29, 1.82) is 0 Å². The zero-order chi connectivity index (χ0) is 16.1. The monoisotopic (exact) mass is 311 g/mol. The Bertz CT molecular complexity index is 1150. The lowest BCUT2D eigenvalue weighted by Gasteiger charge is -2.01. The van der Waals surface area contributed by atoms with Gasteiger partial charge in [0, 0.05) is 16.3 Å². The van der Waals surface area contributed by atoms with E-state index in [4.69, 9.17) is 0 Å². The lowest BCUT2D eigenvalue weighted by Crippen LogP contribution is -1.84. The fraction of sp³-hybridized carbons (Fsp3) is 0.143. The van der Waals surface area contributed by atoms with Crippen molar-refractivity contribution in [2.45, 2.75) is 19.8 Å². The highest BCUT2D eigenvalue weighted by Crippen LogP contribution is 2.36. The first-order valence-electron chi connectivity index (χ1n) is 8.44. The van der Waals surface area contributed by atoms with Gasteiger partial charge in [0.1, 0.15) is 11.2 Å². The second-order valence-corrected chi connectivity index (χ2v) is 6.33. The van der Waals surface area contributed by atoms with E-state index in [0.717, 1.165) is 35.1 Å². The first kappa shape index (κ1) is 13.5. The lowest BCUT2D eigenvalue weighted by atomic mass is 10.0. The van der Waals surface area contributed by atoms with Gasteiger partial charge in [0.05, 0.1) is 5.52 Å². The summed E-state index contributed by atoms with van der Waals surface area (Å²) in [5.74, 6) is 0. The van der Waals surface area contributed by atoms with Crippen molar-refractivity contribution in [1.82, 2.24) is 14.8 Å². The van der Waals surface area contributed by atoms with E-state index < -0.39 is 0 Å². The lowest BCUT2D eigenvalue weighted by molar-refractivity contribution is 0.888. The van der Waals surface area contributed by atoms with Gasteiger partial charge in [-0.25, -0.2) is 4.52 Å². The molecule has 0 aliphatic rings. The standard InChI is InChI=1S/C21H17N3/c1-2-5-14-10-12-16(13-11-14)20-21-17-8-3-6-15-7-4-9-18(19(15)17)24(21)23-22-20/h3-4,6-13H,2,5H2,1H3. The van der Waals surface area contributed by atoms with Gasteiger partial charge in [-0.1, -0.05) is 73.2 Å². The van der Waals surface area contributed by atoms with Gasteiger partial charge < -0.3 is 0 Å². The van der Waals surface area contributed by atoms with Gasteiger partial charge in [0.15, 0.2) is 0 Å². The van der Waals surface area contributed by atoms with Crippen molar-refractivity contribution in [2.24, 2.45) is 0 Å². The number of aromatic nitrogens is 3. The molecule has 0 aliphatic carbocycles. The Morgan fingerprint density at radius 1 is 0.917 bits per heavy atom. The zero-order valence-corrected chi connectivity index (χ0v) is 13.5. The van der Waals surface area contributed by atoms with Crippen molar-refractivity contribution in [3.05, 3.63) is 66.2 Å². The Hall–Kier alpha value is -2.94. The zero-order valence-electron chi connectivity index (χ0n) is 13.5. The maximum absolute atomic E-state index is 4.48. The predicted octanol–water partition coefficient (Wildman–Crippen LogP) is 5.09. The van der Waals surface area contributed by atoms with Crippen molar-refractivity contribution in [3.63, 3.8) is 0 Å². The van der Waals surface area contributed by atoms with Gasteiger partial charge in [-0.15, -0.1) is 5.10 Å². The third-order valence-electron chi connectivity index (χ3n) is 4.80. The summed E-state index contributed by atoms with van der Waals surface area (Å²) in [5, 5.41) is 12.7. The number of rotatable bonds is 3. The Kier molecular flexibility index (Phi) is 2.83. The van der Waals surface area contributed by atoms with E-state index in [-0.39, 0.29) is 0 Å². The Labute approximate surface area is 139 Å². The number of fused-ring (bicyclic) bond motifs is 3. The van der Waals surface area contributed by atoms with Crippen LogP contribution in [0.15, 0.2) is 60.7 Å². The van der Waals surface area contributed by atoms with Gasteiger partial charge in [-0.05, 0) is 23.4 Å². The smallest absolute Gasteiger partial charge is 0.121 e. The molecule has 0 aliphatic heterocycles. The molecular weight excluding hydrogens is 294 g/mol. The molecule has 0 N–H and O–H groups in total. The maximum Gasteiger partial charge on any atom is 0.121 e. The molecule has 3 heteroatoms. The van der Waals surface area contributed by atoms with Crippen LogP contribution in [-0.4, -0.2) is 14.8 Å². The number of nitrogens with zero attached hydrogens (tertiary/aromatic N) is 3. The van der Waals surface area contributed by atoms with E-state index in [0.29, 0.717) is 0 Å². The fourth-order valence-corrected chi connectivity index (χ4v) is 3.70. The molecule has 2 aromatic heterocycles. The van der Waals surface area contributed by atoms with E-state index in [9.17, 15) is 0 Å². The number of benzene rings is 3. The molecule has 5 aromatic rings. The van der Waals surface area contributed by atoms with Gasteiger partial charge in [-0.3, -0.25) is 0 Å². The summed E-state index contributed by atoms with van der Waals surface area (Å²) < 4.78 is 1.98. The minimum Gasteiger partial charge on any atom is -0.212 e. The Morgan fingerprint density at radius 3 is 2.50 bits per heavy atom. The quantitative estimate of drug-likeness (QED) is 0.464. The highest BCUT2D eigenvalue weighted by Gasteiger charge is 2.18. The van der Waals surface area contributed by atoms with Crippen LogP contribution >= 0.6 is 0 Å². The van der Waals surface area contributed by atoms with Gasteiger partial charge in [0.2, 0.25) is 0 Å². The van der Waals surface area contributed by atoms with E-state index in [1.807, 2.05) is 4.52 Å². The van der Waals surface area contributed by atoms with Crippen LogP contribution in [0.4, 0.5) is 0 Å². The summed E-state index contributed by atoms with van der Waals surface area (Å²) in [6, 6.07) is 21.5. The molecule has 0 saturated carbocycles. The van der Waals surface area contributed by atoms with Crippen LogP contribution in [0.2, 0.25) is 0 Å². The molecule has 0 amide bonds. The van der Waals surface area contributed by atoms with Crippen LogP contribution in [0.25, 0.3) is 38.4 Å². The van der Waals surface area contributed by atoms with Crippen LogP contribution in [0.1, 0.15) is 18.9 Å². The maximum atomic E-state index is 4.48. The van der Waals surface area contributed by atoms with E-state index in [1.54, 1.807) is 0 Å². The summed E-state index contributed by atoms with van der Waals surface area (Å²) in [6.07, 6.45) is 2.28. The topological polar surface area (TPSA) is 30.2 Å². The Morgan fingerprint density at radius 2 is 1.71 bits per heavy atom. The largest absolute Gasteiger partial charge is 0.212 e. The second-order valence-electron chi connectivity index (χ2n) is 6.33. The molecular formula is C21H17N3. The number of hydrogen-bond acceptors (Lipinski definition) is 2. The molecule has 0 saturated heterocycles. The van der Waals surface area contributed by atoms with Crippen molar-refractivity contribution in [2.75, 3.05) is 0 Å². The summed E-state index contributed by atoms with van der Waals surface area (Å²) in [5.41, 5.74) is 5.68. The van der Waals surface area contributed by atoms with Crippen LogP contribution in [0.5, 0.6) is 0 Å². The van der Waals surface area contributed by atoms with Crippen LogP contribution < -0.4 is 0 Å². The molecule has 0 radical (unpaired) electrons. The van der Waals surface area contributed by atoms with Gasteiger partial charge in [0.25, 0.3) is 0 Å². The molecule has 2 heterocycles. The molecule has 3 aromatic carbocycles. The summed E-state index contributed by atoms with van der Waals surface area (Å²) in [4.78, 5) is 0. The summed E-state index contributed by atoms with van der Waals surface area (Å²) >= 11 is 0. The third kappa shape index (κ3) is 1.78. The first-order chi connectivity index (χ1) is 11.9. The molecule has 0 atom stereocenters. The molecule has 0 spiro atoms. The van der Waals surface area contributed by atoms with E-state index in [2.05, 4.69) is 77.9 Å². The van der Waals surface area contributed by atoms with Gasteiger partial charge >= 0.3 is 0 Å². The number of aryl methyl sites for hydroxylation is 1. The highest BCUT2D eigenvalue weighted by atomic mass is 15.4. The second kappa shape index (κ2) is 5.03. The van der Waals surface area contributed by atoms with Crippen molar-refractivity contribution in [3.8, 4) is 11.3 Å². The van der Waals surface area contributed by atoms with E-state index in [1.165, 1.54) is 21.7 Å². The third-order valence-corrected chi connectivity index (χ3v) is 4.80. The first-order valence-corrected chi connectivity index (χ1v) is 8.44. The molecule has 116 valence electrons. The minimum absolute atomic E-state index is 0.960. The molecule has 0 unspecified atom stereocenters. The number of hydrogen-bond donors (Lipinski definition) is 0. The molecule has 5 rings (SSSR count). The molecule has 3 nitrogen and oxygen atoms in total. The summed E-state index contributed by atoms with van der Waals surface area (Å²) in [6.45, 7) is 2.21. The summed E-state index contributed by atoms with van der Waals surface area (Å²) in [7, 11) is 0.